The number of rotatable bonds is 7. The molecule has 0 amide bonds. The number of aromatic amines is 1. The van der Waals surface area contributed by atoms with Crippen molar-refractivity contribution in [2.75, 3.05) is 11.9 Å². The molecular formula is C14H19N5OS. The molecule has 0 radical (unpaired) electrons. The molecule has 7 heteroatoms. The van der Waals surface area contributed by atoms with Crippen LogP contribution in [-0.2, 0) is 5.75 Å². The van der Waals surface area contributed by atoms with Crippen molar-refractivity contribution in [2.45, 2.75) is 43.1 Å². The summed E-state index contributed by atoms with van der Waals surface area (Å²) in [5, 5.41) is 10.8. The van der Waals surface area contributed by atoms with Crippen LogP contribution in [0.25, 0.3) is 0 Å². The van der Waals surface area contributed by atoms with Gasteiger partial charge in [0.2, 0.25) is 0 Å². The zero-order valence-corrected chi connectivity index (χ0v) is 12.8. The Morgan fingerprint density at radius 1 is 1.52 bits per heavy atom. The van der Waals surface area contributed by atoms with Gasteiger partial charge in [0.25, 0.3) is 0 Å². The topological polar surface area (TPSA) is 75.6 Å². The molecule has 0 saturated heterocycles. The van der Waals surface area contributed by atoms with Gasteiger partial charge in [-0.05, 0) is 25.3 Å². The van der Waals surface area contributed by atoms with Gasteiger partial charge in [-0.15, -0.1) is 5.10 Å². The number of anilines is 1. The van der Waals surface area contributed by atoms with Crippen molar-refractivity contribution in [3.05, 3.63) is 34.4 Å². The van der Waals surface area contributed by atoms with Crippen LogP contribution in [0.5, 0.6) is 0 Å². The number of hydrogen-bond acceptors (Lipinski definition) is 5. The summed E-state index contributed by atoms with van der Waals surface area (Å²) < 4.78 is 1.78. The van der Waals surface area contributed by atoms with Gasteiger partial charge in [-0.25, -0.2) is 14.9 Å². The Morgan fingerprint density at radius 3 is 3.14 bits per heavy atom. The predicted molar refractivity (Wildman–Crippen MR) is 83.7 cm³/mol. The average Bonchev–Trinajstić information content (AvgIpc) is 3.27. The lowest BCUT2D eigenvalue weighted by molar-refractivity contribution is 0.642. The first-order valence-electron chi connectivity index (χ1n) is 7.27. The highest BCUT2D eigenvalue weighted by Crippen LogP contribution is 2.36. The number of nitrogens with zero attached hydrogens (tertiary/aromatic N) is 3. The lowest BCUT2D eigenvalue weighted by Gasteiger charge is -2.09. The SMILES string of the molecule is CCCNc1ncccc1CSc1n[nH]c(=O)n1C1CC1. The molecule has 0 bridgehead atoms. The second kappa shape index (κ2) is 6.34. The third kappa shape index (κ3) is 3.29. The van der Waals surface area contributed by atoms with Gasteiger partial charge < -0.3 is 5.32 Å². The molecule has 0 aliphatic heterocycles. The van der Waals surface area contributed by atoms with E-state index in [4.69, 9.17) is 0 Å². The van der Waals surface area contributed by atoms with E-state index in [2.05, 4.69) is 33.5 Å². The second-order valence-corrected chi connectivity index (χ2v) is 6.08. The first kappa shape index (κ1) is 14.2. The van der Waals surface area contributed by atoms with Crippen LogP contribution in [0.15, 0.2) is 28.3 Å². The van der Waals surface area contributed by atoms with E-state index in [1.165, 1.54) is 0 Å². The Labute approximate surface area is 127 Å². The molecule has 0 aromatic carbocycles. The van der Waals surface area contributed by atoms with E-state index < -0.39 is 0 Å². The third-order valence-corrected chi connectivity index (χ3v) is 4.38. The highest BCUT2D eigenvalue weighted by Gasteiger charge is 2.28. The van der Waals surface area contributed by atoms with Crippen LogP contribution < -0.4 is 11.0 Å². The van der Waals surface area contributed by atoms with Crippen LogP contribution >= 0.6 is 11.8 Å². The Balaban J connectivity index is 1.72. The van der Waals surface area contributed by atoms with Gasteiger partial charge in [-0.2, -0.15) is 0 Å². The number of hydrogen-bond donors (Lipinski definition) is 2. The maximum atomic E-state index is 11.7. The van der Waals surface area contributed by atoms with E-state index >= 15 is 0 Å². The highest BCUT2D eigenvalue weighted by molar-refractivity contribution is 7.98. The molecule has 2 heterocycles. The molecule has 0 atom stereocenters. The number of thioether (sulfide) groups is 1. The molecule has 2 N–H and O–H groups in total. The normalized spacial score (nSPS) is 14.3. The van der Waals surface area contributed by atoms with Crippen molar-refractivity contribution in [3.8, 4) is 0 Å². The summed E-state index contributed by atoms with van der Waals surface area (Å²) in [4.78, 5) is 16.1. The first-order chi connectivity index (χ1) is 10.3. The number of pyridine rings is 1. The van der Waals surface area contributed by atoms with E-state index in [0.29, 0.717) is 6.04 Å². The van der Waals surface area contributed by atoms with Crippen molar-refractivity contribution in [2.24, 2.45) is 0 Å². The van der Waals surface area contributed by atoms with Crippen molar-refractivity contribution in [1.82, 2.24) is 19.7 Å². The fourth-order valence-electron chi connectivity index (χ4n) is 2.15. The quantitative estimate of drug-likeness (QED) is 0.768. The number of nitrogens with one attached hydrogen (secondary N) is 2. The molecule has 112 valence electrons. The van der Waals surface area contributed by atoms with Crippen LogP contribution in [-0.4, -0.2) is 26.3 Å². The minimum Gasteiger partial charge on any atom is -0.370 e. The molecule has 2 aromatic rings. The fourth-order valence-corrected chi connectivity index (χ4v) is 3.15. The molecule has 1 aliphatic rings. The Morgan fingerprint density at radius 2 is 2.38 bits per heavy atom. The van der Waals surface area contributed by atoms with Gasteiger partial charge in [0.05, 0.1) is 0 Å². The molecular weight excluding hydrogens is 286 g/mol. The molecule has 6 nitrogen and oxygen atoms in total. The van der Waals surface area contributed by atoms with Crippen molar-refractivity contribution in [1.29, 1.82) is 0 Å². The molecule has 0 spiro atoms. The van der Waals surface area contributed by atoms with Crippen LogP contribution in [0.2, 0.25) is 0 Å². The summed E-state index contributed by atoms with van der Waals surface area (Å²) in [6.45, 7) is 3.03. The largest absolute Gasteiger partial charge is 0.370 e. The van der Waals surface area contributed by atoms with Crippen molar-refractivity contribution in [3.63, 3.8) is 0 Å². The smallest absolute Gasteiger partial charge is 0.344 e. The Kier molecular flexibility index (Phi) is 4.28. The Bertz CT molecular complexity index is 661. The van der Waals surface area contributed by atoms with Gasteiger partial charge in [0.15, 0.2) is 5.16 Å². The summed E-state index contributed by atoms with van der Waals surface area (Å²) in [5.41, 5.74) is 1.03. The maximum Gasteiger partial charge on any atom is 0.344 e. The van der Waals surface area contributed by atoms with Gasteiger partial charge in [0.1, 0.15) is 5.82 Å². The van der Waals surface area contributed by atoms with Crippen LogP contribution in [0, 0.1) is 0 Å². The van der Waals surface area contributed by atoms with Crippen molar-refractivity contribution < 1.29 is 0 Å². The van der Waals surface area contributed by atoms with Crippen LogP contribution in [0.1, 0.15) is 37.8 Å². The maximum absolute atomic E-state index is 11.7. The molecule has 1 saturated carbocycles. The zero-order chi connectivity index (χ0) is 14.7. The van der Waals surface area contributed by atoms with Gasteiger partial charge in [-0.1, -0.05) is 24.8 Å². The molecule has 21 heavy (non-hydrogen) atoms. The molecule has 3 rings (SSSR count). The lowest BCUT2D eigenvalue weighted by Crippen LogP contribution is -2.16. The number of H-pyrrole nitrogens is 1. The summed E-state index contributed by atoms with van der Waals surface area (Å²) in [5.74, 6) is 1.67. The minimum atomic E-state index is -0.101. The van der Waals surface area contributed by atoms with E-state index in [1.54, 1.807) is 22.5 Å². The van der Waals surface area contributed by atoms with Crippen LogP contribution in [0.3, 0.4) is 0 Å². The highest BCUT2D eigenvalue weighted by atomic mass is 32.2. The minimum absolute atomic E-state index is 0.101. The van der Waals surface area contributed by atoms with E-state index in [0.717, 1.165) is 48.1 Å². The number of aromatic nitrogens is 4. The van der Waals surface area contributed by atoms with E-state index in [1.807, 2.05) is 6.07 Å². The van der Waals surface area contributed by atoms with E-state index in [9.17, 15) is 4.79 Å². The van der Waals surface area contributed by atoms with Gasteiger partial charge >= 0.3 is 5.69 Å². The molecule has 1 fully saturated rings. The molecule has 1 aliphatic carbocycles. The van der Waals surface area contributed by atoms with Crippen LogP contribution in [0.4, 0.5) is 5.82 Å². The standard InChI is InChI=1S/C14H19N5OS/c1-2-7-15-12-10(4-3-8-16-12)9-21-14-18-17-13(20)19(14)11-5-6-11/h3-4,8,11H,2,5-7,9H2,1H3,(H,15,16)(H,17,20). The Hall–Kier alpha value is -1.76. The van der Waals surface area contributed by atoms with E-state index in [-0.39, 0.29) is 5.69 Å². The summed E-state index contributed by atoms with van der Waals surface area (Å²) in [7, 11) is 0. The van der Waals surface area contributed by atoms with Gasteiger partial charge in [0, 0.05) is 30.1 Å². The summed E-state index contributed by atoms with van der Waals surface area (Å²) in [6.07, 6.45) is 5.00. The summed E-state index contributed by atoms with van der Waals surface area (Å²) >= 11 is 1.58. The fraction of sp³-hybridized carbons (Fsp3) is 0.500. The van der Waals surface area contributed by atoms with Crippen molar-refractivity contribution >= 4 is 17.6 Å². The molecule has 2 aromatic heterocycles. The average molecular weight is 305 g/mol. The first-order valence-corrected chi connectivity index (χ1v) is 8.25. The van der Waals surface area contributed by atoms with Gasteiger partial charge in [-0.3, -0.25) is 4.57 Å². The summed E-state index contributed by atoms with van der Waals surface area (Å²) in [6, 6.07) is 4.33. The predicted octanol–water partition coefficient (Wildman–Crippen LogP) is 2.42. The third-order valence-electron chi connectivity index (χ3n) is 3.37. The monoisotopic (exact) mass is 305 g/mol. The lowest BCUT2D eigenvalue weighted by atomic mass is 10.3. The zero-order valence-electron chi connectivity index (χ0n) is 12.0. The molecule has 0 unspecified atom stereocenters. The second-order valence-electron chi connectivity index (χ2n) is 5.14.